The molecule has 0 aromatic heterocycles. The van der Waals surface area contributed by atoms with Gasteiger partial charge in [0.2, 0.25) is 0 Å². The maximum atomic E-state index is 2.38. The van der Waals surface area contributed by atoms with Crippen LogP contribution >= 0.6 is 0 Å². The second kappa shape index (κ2) is 7.30. The molecule has 90 valence electrons. The molecule has 2 aliphatic rings. The number of hydrogen-bond acceptors (Lipinski definition) is 0. The summed E-state index contributed by atoms with van der Waals surface area (Å²) in [5.74, 6) is 2.97. The van der Waals surface area contributed by atoms with Crippen LogP contribution < -0.4 is 0 Å². The van der Waals surface area contributed by atoms with E-state index in [2.05, 4.69) is 20.8 Å². The molecule has 0 unspecified atom stereocenters. The van der Waals surface area contributed by atoms with Gasteiger partial charge in [-0.25, -0.2) is 0 Å². The highest BCUT2D eigenvalue weighted by Crippen LogP contribution is 2.31. The largest absolute Gasteiger partial charge is 0.0625 e. The molecule has 2 rings (SSSR count). The Morgan fingerprint density at radius 2 is 0.667 bits per heavy atom. The highest BCUT2D eigenvalue weighted by Gasteiger charge is 2.19. The Morgan fingerprint density at radius 1 is 0.467 bits per heavy atom. The van der Waals surface area contributed by atoms with Gasteiger partial charge < -0.3 is 0 Å². The molecule has 0 amide bonds. The van der Waals surface area contributed by atoms with Crippen molar-refractivity contribution >= 4 is 0 Å². The molecule has 0 N–H and O–H groups in total. The summed E-state index contributed by atoms with van der Waals surface area (Å²) in [6.07, 6.45) is 13.4. The average Bonchev–Trinajstić information content (AvgIpc) is 2.19. The van der Waals surface area contributed by atoms with Crippen LogP contribution in [0.4, 0.5) is 0 Å². The van der Waals surface area contributed by atoms with Crippen LogP contribution in [0.3, 0.4) is 0 Å². The standard InChI is InChI=1S/C9H18.C6H12/c1-7-4-8(2)6-9(3)5-7;1-2-4-6-5-3-1/h7-9H,4-6H2,1-3H3;1-6H2. The zero-order valence-corrected chi connectivity index (χ0v) is 11.1. The summed E-state index contributed by atoms with van der Waals surface area (Å²) in [6.45, 7) is 7.14. The van der Waals surface area contributed by atoms with E-state index in [1.165, 1.54) is 57.8 Å². The van der Waals surface area contributed by atoms with Crippen molar-refractivity contribution in [2.24, 2.45) is 17.8 Å². The van der Waals surface area contributed by atoms with Gasteiger partial charge in [-0.15, -0.1) is 0 Å². The van der Waals surface area contributed by atoms with Crippen molar-refractivity contribution in [1.82, 2.24) is 0 Å². The molecule has 0 nitrogen and oxygen atoms in total. The second-order valence-corrected chi connectivity index (χ2v) is 6.14. The predicted octanol–water partition coefficient (Wildman–Crippen LogP) is 5.42. The van der Waals surface area contributed by atoms with Gasteiger partial charge >= 0.3 is 0 Å². The Hall–Kier alpha value is 0. The molecule has 0 aliphatic heterocycles. The summed E-state index contributed by atoms with van der Waals surface area (Å²) in [5, 5.41) is 0. The molecule has 2 fully saturated rings. The predicted molar refractivity (Wildman–Crippen MR) is 69.0 cm³/mol. The van der Waals surface area contributed by atoms with Crippen molar-refractivity contribution in [1.29, 1.82) is 0 Å². The Balaban J connectivity index is 0.000000162. The third kappa shape index (κ3) is 6.22. The van der Waals surface area contributed by atoms with Crippen molar-refractivity contribution in [2.75, 3.05) is 0 Å². The van der Waals surface area contributed by atoms with Crippen molar-refractivity contribution < 1.29 is 0 Å². The normalized spacial score (nSPS) is 36.6. The molecule has 0 saturated heterocycles. The van der Waals surface area contributed by atoms with Crippen LogP contribution in [0.25, 0.3) is 0 Å². The summed E-state index contributed by atoms with van der Waals surface area (Å²) in [6, 6.07) is 0. The van der Waals surface area contributed by atoms with E-state index < -0.39 is 0 Å². The molecule has 0 aromatic rings. The van der Waals surface area contributed by atoms with Gasteiger partial charge in [0.1, 0.15) is 0 Å². The number of hydrogen-bond donors (Lipinski definition) is 0. The van der Waals surface area contributed by atoms with Crippen LogP contribution in [-0.4, -0.2) is 0 Å². The van der Waals surface area contributed by atoms with Crippen molar-refractivity contribution in [2.45, 2.75) is 78.6 Å². The molecule has 0 atom stereocenters. The van der Waals surface area contributed by atoms with Gasteiger partial charge in [0.25, 0.3) is 0 Å². The average molecular weight is 210 g/mol. The van der Waals surface area contributed by atoms with Crippen LogP contribution in [0, 0.1) is 17.8 Å². The minimum Gasteiger partial charge on any atom is -0.0625 e. The summed E-state index contributed by atoms with van der Waals surface area (Å²) in [4.78, 5) is 0. The third-order valence-corrected chi connectivity index (χ3v) is 3.91. The van der Waals surface area contributed by atoms with Crippen molar-refractivity contribution in [3.05, 3.63) is 0 Å². The molecular weight excluding hydrogens is 180 g/mol. The fraction of sp³-hybridized carbons (Fsp3) is 1.00. The van der Waals surface area contributed by atoms with E-state index in [4.69, 9.17) is 0 Å². The van der Waals surface area contributed by atoms with Crippen LogP contribution in [-0.2, 0) is 0 Å². The Kier molecular flexibility index (Phi) is 6.36. The fourth-order valence-corrected chi connectivity index (χ4v) is 3.41. The van der Waals surface area contributed by atoms with Crippen molar-refractivity contribution in [3.63, 3.8) is 0 Å². The lowest BCUT2D eigenvalue weighted by Gasteiger charge is -2.28. The van der Waals surface area contributed by atoms with Gasteiger partial charge in [0.05, 0.1) is 0 Å². The smallest absolute Gasteiger partial charge is 0.0438 e. The SMILES string of the molecule is C1CCCCC1.CC1CC(C)CC(C)C1. The molecule has 0 aromatic carbocycles. The zero-order chi connectivity index (χ0) is 11.1. The lowest BCUT2D eigenvalue weighted by molar-refractivity contribution is 0.233. The molecule has 0 spiro atoms. The fourth-order valence-electron chi connectivity index (χ4n) is 3.41. The molecule has 15 heavy (non-hydrogen) atoms. The van der Waals surface area contributed by atoms with E-state index >= 15 is 0 Å². The second-order valence-electron chi connectivity index (χ2n) is 6.14. The van der Waals surface area contributed by atoms with Gasteiger partial charge in [0, 0.05) is 0 Å². The van der Waals surface area contributed by atoms with E-state index in [0.717, 1.165) is 17.8 Å². The van der Waals surface area contributed by atoms with Gasteiger partial charge in [-0.1, -0.05) is 59.3 Å². The topological polar surface area (TPSA) is 0 Å². The quantitative estimate of drug-likeness (QED) is 0.501. The summed E-state index contributed by atoms with van der Waals surface area (Å²) in [5.41, 5.74) is 0. The molecular formula is C15H30. The maximum Gasteiger partial charge on any atom is -0.0438 e. The minimum absolute atomic E-state index is 0.990. The Bertz CT molecular complexity index is 110. The third-order valence-electron chi connectivity index (χ3n) is 3.91. The molecule has 2 saturated carbocycles. The van der Waals surface area contributed by atoms with E-state index in [9.17, 15) is 0 Å². The van der Waals surface area contributed by atoms with Crippen LogP contribution in [0.5, 0.6) is 0 Å². The first-order chi connectivity index (χ1) is 7.18. The van der Waals surface area contributed by atoms with Gasteiger partial charge in [-0.05, 0) is 37.0 Å². The molecule has 0 heterocycles. The Morgan fingerprint density at radius 3 is 0.867 bits per heavy atom. The lowest BCUT2D eigenvalue weighted by atomic mass is 9.78. The first-order valence-electron chi connectivity index (χ1n) is 7.18. The van der Waals surface area contributed by atoms with Crippen LogP contribution in [0.1, 0.15) is 78.6 Å². The van der Waals surface area contributed by atoms with Crippen molar-refractivity contribution in [3.8, 4) is 0 Å². The van der Waals surface area contributed by atoms with Crippen LogP contribution in [0.15, 0.2) is 0 Å². The van der Waals surface area contributed by atoms with E-state index in [0.29, 0.717) is 0 Å². The zero-order valence-electron chi connectivity index (χ0n) is 11.1. The van der Waals surface area contributed by atoms with E-state index in [-0.39, 0.29) is 0 Å². The molecule has 0 bridgehead atoms. The minimum atomic E-state index is 0.990. The summed E-state index contributed by atoms with van der Waals surface area (Å²) < 4.78 is 0. The molecule has 2 aliphatic carbocycles. The Labute approximate surface area is 96.8 Å². The van der Waals surface area contributed by atoms with Crippen LogP contribution in [0.2, 0.25) is 0 Å². The highest BCUT2D eigenvalue weighted by atomic mass is 14.3. The highest BCUT2D eigenvalue weighted by molar-refractivity contribution is 4.71. The lowest BCUT2D eigenvalue weighted by Crippen LogP contribution is -2.16. The summed E-state index contributed by atoms with van der Waals surface area (Å²) in [7, 11) is 0. The van der Waals surface area contributed by atoms with Gasteiger partial charge in [-0.3, -0.25) is 0 Å². The molecule has 0 radical (unpaired) electrons. The monoisotopic (exact) mass is 210 g/mol. The van der Waals surface area contributed by atoms with Gasteiger partial charge in [-0.2, -0.15) is 0 Å². The van der Waals surface area contributed by atoms with Gasteiger partial charge in [0.15, 0.2) is 0 Å². The van der Waals surface area contributed by atoms with E-state index in [1.807, 2.05) is 0 Å². The number of rotatable bonds is 0. The first kappa shape index (κ1) is 13.1. The summed E-state index contributed by atoms with van der Waals surface area (Å²) >= 11 is 0. The molecule has 0 heteroatoms. The first-order valence-corrected chi connectivity index (χ1v) is 7.18. The van der Waals surface area contributed by atoms with E-state index in [1.54, 1.807) is 0 Å². The maximum absolute atomic E-state index is 2.38.